The third-order valence-electron chi connectivity index (χ3n) is 0.855. The first-order valence-electron chi connectivity index (χ1n) is 3.06. The maximum atomic E-state index is 10.6. The van der Waals surface area contributed by atoms with E-state index in [0.29, 0.717) is 0 Å². The van der Waals surface area contributed by atoms with Gasteiger partial charge in [-0.25, -0.2) is 4.79 Å². The molecule has 0 atom stereocenters. The molecular formula is C6H10O5. The van der Waals surface area contributed by atoms with Crippen molar-refractivity contribution in [3.8, 4) is 0 Å². The Morgan fingerprint density at radius 2 is 1.91 bits per heavy atom. The van der Waals surface area contributed by atoms with Gasteiger partial charge in [-0.3, -0.25) is 4.79 Å². The second-order valence-corrected chi connectivity index (χ2v) is 2.15. The highest BCUT2D eigenvalue weighted by Gasteiger charge is 2.08. The van der Waals surface area contributed by atoms with Crippen LogP contribution in [0.3, 0.4) is 0 Å². The molecule has 0 spiro atoms. The van der Waals surface area contributed by atoms with Crippen LogP contribution in [-0.2, 0) is 14.3 Å². The molecule has 0 amide bonds. The number of ether oxygens (including phenoxy) is 2. The first kappa shape index (κ1) is 9.74. The third-order valence-corrected chi connectivity index (χ3v) is 0.855. The highest BCUT2D eigenvalue weighted by Crippen LogP contribution is 1.95. The summed E-state index contributed by atoms with van der Waals surface area (Å²) in [7, 11) is 0. The molecule has 0 rings (SSSR count). The van der Waals surface area contributed by atoms with Gasteiger partial charge in [0.05, 0.1) is 5.92 Å². The van der Waals surface area contributed by atoms with Gasteiger partial charge in [0.15, 0.2) is 0 Å². The van der Waals surface area contributed by atoms with E-state index in [1.54, 1.807) is 13.8 Å². The van der Waals surface area contributed by atoms with E-state index in [2.05, 4.69) is 9.47 Å². The molecule has 0 radical (unpaired) electrons. The predicted molar refractivity (Wildman–Crippen MR) is 34.9 cm³/mol. The van der Waals surface area contributed by atoms with Crippen molar-refractivity contribution in [3.05, 3.63) is 0 Å². The lowest BCUT2D eigenvalue weighted by Crippen LogP contribution is -2.15. The summed E-state index contributed by atoms with van der Waals surface area (Å²) in [6.45, 7) is 2.75. The molecule has 0 aliphatic heterocycles. The van der Waals surface area contributed by atoms with Crippen LogP contribution in [0.1, 0.15) is 13.8 Å². The van der Waals surface area contributed by atoms with Crippen LogP contribution in [-0.4, -0.2) is 24.0 Å². The summed E-state index contributed by atoms with van der Waals surface area (Å²) in [5, 5.41) is 7.95. The van der Waals surface area contributed by atoms with Gasteiger partial charge in [-0.05, 0) is 0 Å². The standard InChI is InChI=1S/C6H10O5/c1-4(2)5(7)10-3-11-6(8)9/h4H,3H2,1-2H3,(H,8,9). The van der Waals surface area contributed by atoms with Gasteiger partial charge in [0, 0.05) is 0 Å². The van der Waals surface area contributed by atoms with E-state index in [4.69, 9.17) is 5.11 Å². The number of esters is 1. The van der Waals surface area contributed by atoms with Crippen molar-refractivity contribution in [3.63, 3.8) is 0 Å². The Morgan fingerprint density at radius 1 is 1.36 bits per heavy atom. The number of carboxylic acid groups (broad SMARTS) is 1. The van der Waals surface area contributed by atoms with Gasteiger partial charge < -0.3 is 14.6 Å². The molecule has 1 N–H and O–H groups in total. The summed E-state index contributed by atoms with van der Waals surface area (Å²) in [5.74, 6) is -0.751. The van der Waals surface area contributed by atoms with Crippen LogP contribution in [0.5, 0.6) is 0 Å². The number of carbonyl (C=O) groups excluding carboxylic acids is 1. The maximum absolute atomic E-state index is 10.6. The normalized spacial score (nSPS) is 9.36. The fourth-order valence-corrected chi connectivity index (χ4v) is 0.305. The molecule has 0 fully saturated rings. The van der Waals surface area contributed by atoms with Crippen molar-refractivity contribution in [2.75, 3.05) is 6.79 Å². The summed E-state index contributed by atoms with van der Waals surface area (Å²) < 4.78 is 8.31. The first-order chi connectivity index (χ1) is 5.04. The fourth-order valence-electron chi connectivity index (χ4n) is 0.305. The smallest absolute Gasteiger partial charge is 0.450 e. The van der Waals surface area contributed by atoms with Crippen LogP contribution in [0.2, 0.25) is 0 Å². The molecule has 0 aliphatic rings. The molecule has 0 aromatic heterocycles. The molecule has 0 saturated carbocycles. The fraction of sp³-hybridized carbons (Fsp3) is 0.667. The Balaban J connectivity index is 3.39. The molecule has 0 unspecified atom stereocenters. The minimum Gasteiger partial charge on any atom is -0.450 e. The number of rotatable bonds is 3. The summed E-state index contributed by atoms with van der Waals surface area (Å²) >= 11 is 0. The van der Waals surface area contributed by atoms with E-state index >= 15 is 0 Å². The number of carbonyl (C=O) groups is 2. The lowest BCUT2D eigenvalue weighted by molar-refractivity contribution is -0.156. The van der Waals surface area contributed by atoms with E-state index in [9.17, 15) is 9.59 Å². The Bertz CT molecular complexity index is 151. The third kappa shape index (κ3) is 5.20. The second kappa shape index (κ2) is 4.54. The molecule has 0 saturated heterocycles. The Kier molecular flexibility index (Phi) is 4.02. The lowest BCUT2D eigenvalue weighted by Gasteiger charge is -2.04. The van der Waals surface area contributed by atoms with Crippen LogP contribution in [0.15, 0.2) is 0 Å². The van der Waals surface area contributed by atoms with E-state index in [1.165, 1.54) is 0 Å². The van der Waals surface area contributed by atoms with Crippen LogP contribution in [0.25, 0.3) is 0 Å². The zero-order valence-corrected chi connectivity index (χ0v) is 6.36. The molecule has 0 bridgehead atoms. The number of hydrogen-bond donors (Lipinski definition) is 1. The maximum Gasteiger partial charge on any atom is 0.508 e. The highest BCUT2D eigenvalue weighted by molar-refractivity contribution is 5.71. The Labute approximate surface area is 63.9 Å². The quantitative estimate of drug-likeness (QED) is 0.491. The molecular weight excluding hydrogens is 152 g/mol. The largest absolute Gasteiger partial charge is 0.508 e. The van der Waals surface area contributed by atoms with E-state index < -0.39 is 18.9 Å². The van der Waals surface area contributed by atoms with Crippen LogP contribution in [0, 0.1) is 5.92 Å². The Hall–Kier alpha value is -1.26. The lowest BCUT2D eigenvalue weighted by atomic mass is 10.2. The molecule has 64 valence electrons. The predicted octanol–water partition coefficient (Wildman–Crippen LogP) is 0.838. The van der Waals surface area contributed by atoms with Crippen LogP contribution in [0.4, 0.5) is 4.79 Å². The van der Waals surface area contributed by atoms with Crippen molar-refractivity contribution in [1.82, 2.24) is 0 Å². The van der Waals surface area contributed by atoms with Crippen molar-refractivity contribution >= 4 is 12.1 Å². The van der Waals surface area contributed by atoms with E-state index in [1.807, 2.05) is 0 Å². The molecule has 5 heteroatoms. The molecule has 0 aromatic carbocycles. The van der Waals surface area contributed by atoms with E-state index in [0.717, 1.165) is 0 Å². The summed E-state index contributed by atoms with van der Waals surface area (Å²) in [6, 6.07) is 0. The summed E-state index contributed by atoms with van der Waals surface area (Å²) in [5.41, 5.74) is 0. The minimum atomic E-state index is -1.46. The van der Waals surface area contributed by atoms with Gasteiger partial charge in [0.1, 0.15) is 0 Å². The molecule has 0 aromatic rings. The van der Waals surface area contributed by atoms with Crippen molar-refractivity contribution < 1.29 is 24.2 Å². The zero-order chi connectivity index (χ0) is 8.85. The monoisotopic (exact) mass is 162 g/mol. The Morgan fingerprint density at radius 3 is 2.27 bits per heavy atom. The summed E-state index contributed by atoms with van der Waals surface area (Å²) in [6.07, 6.45) is -1.46. The van der Waals surface area contributed by atoms with E-state index in [-0.39, 0.29) is 5.92 Å². The topological polar surface area (TPSA) is 72.8 Å². The van der Waals surface area contributed by atoms with Gasteiger partial charge in [-0.1, -0.05) is 13.8 Å². The SMILES string of the molecule is CC(C)C(=O)OCOC(=O)O. The molecule has 0 heterocycles. The van der Waals surface area contributed by atoms with Gasteiger partial charge in [0.25, 0.3) is 0 Å². The molecule has 5 nitrogen and oxygen atoms in total. The van der Waals surface area contributed by atoms with Gasteiger partial charge >= 0.3 is 12.1 Å². The van der Waals surface area contributed by atoms with Gasteiger partial charge in [-0.15, -0.1) is 0 Å². The van der Waals surface area contributed by atoms with Crippen LogP contribution < -0.4 is 0 Å². The average Bonchev–Trinajstić information content (AvgIpc) is 1.86. The first-order valence-corrected chi connectivity index (χ1v) is 3.06. The highest BCUT2D eigenvalue weighted by atomic mass is 16.7. The van der Waals surface area contributed by atoms with Crippen molar-refractivity contribution in [1.29, 1.82) is 0 Å². The van der Waals surface area contributed by atoms with Crippen molar-refractivity contribution in [2.45, 2.75) is 13.8 Å². The molecule has 0 aliphatic carbocycles. The summed E-state index contributed by atoms with van der Waals surface area (Å²) in [4.78, 5) is 20.4. The second-order valence-electron chi connectivity index (χ2n) is 2.15. The van der Waals surface area contributed by atoms with Crippen molar-refractivity contribution in [2.24, 2.45) is 5.92 Å². The minimum absolute atomic E-state index is 0.271. The number of hydrogen-bond acceptors (Lipinski definition) is 4. The van der Waals surface area contributed by atoms with Gasteiger partial charge in [-0.2, -0.15) is 0 Å². The molecule has 11 heavy (non-hydrogen) atoms. The van der Waals surface area contributed by atoms with Crippen LogP contribution >= 0.6 is 0 Å². The zero-order valence-electron chi connectivity index (χ0n) is 6.36. The average molecular weight is 162 g/mol. The van der Waals surface area contributed by atoms with Gasteiger partial charge in [0.2, 0.25) is 6.79 Å².